The van der Waals surface area contributed by atoms with Crippen molar-refractivity contribution < 1.29 is 4.79 Å². The highest BCUT2D eigenvalue weighted by Crippen LogP contribution is 2.18. The molecule has 0 bridgehead atoms. The second-order valence-electron chi connectivity index (χ2n) is 4.30. The van der Waals surface area contributed by atoms with Gasteiger partial charge in [0.1, 0.15) is 5.92 Å². The highest BCUT2D eigenvalue weighted by atomic mass is 16.2. The molecule has 96 valence electrons. The highest BCUT2D eigenvalue weighted by Gasteiger charge is 2.24. The Bertz CT molecular complexity index is 402. The molecule has 0 aromatic heterocycles. The summed E-state index contributed by atoms with van der Waals surface area (Å²) in [5.41, 5.74) is 0.780. The van der Waals surface area contributed by atoms with Crippen LogP contribution in [0.3, 0.4) is 0 Å². The van der Waals surface area contributed by atoms with Crippen LogP contribution in [0.25, 0.3) is 0 Å². The third-order valence-electron chi connectivity index (χ3n) is 2.81. The lowest BCUT2D eigenvalue weighted by Gasteiger charge is -2.24. The van der Waals surface area contributed by atoms with Crippen LogP contribution < -0.4 is 0 Å². The molecular formula is C15H20N2O. The van der Waals surface area contributed by atoms with Gasteiger partial charge in [-0.2, -0.15) is 5.26 Å². The quantitative estimate of drug-likeness (QED) is 0.772. The largest absolute Gasteiger partial charge is 0.341 e. The molecule has 1 rings (SSSR count). The summed E-state index contributed by atoms with van der Waals surface area (Å²) in [6, 6.07) is 11.4. The van der Waals surface area contributed by atoms with Crippen molar-refractivity contribution in [3.05, 3.63) is 35.9 Å². The predicted octanol–water partition coefficient (Wildman–Crippen LogP) is 2.94. The van der Waals surface area contributed by atoms with Crippen molar-refractivity contribution in [2.45, 2.75) is 32.6 Å². The van der Waals surface area contributed by atoms with E-state index in [2.05, 4.69) is 6.07 Å². The van der Waals surface area contributed by atoms with Crippen LogP contribution in [0.15, 0.2) is 30.3 Å². The average molecular weight is 244 g/mol. The van der Waals surface area contributed by atoms with Crippen molar-refractivity contribution in [2.24, 2.45) is 0 Å². The Labute approximate surface area is 109 Å². The molecule has 1 unspecified atom stereocenters. The number of nitriles is 1. The normalized spacial score (nSPS) is 11.6. The van der Waals surface area contributed by atoms with Crippen LogP contribution in [0, 0.1) is 11.3 Å². The van der Waals surface area contributed by atoms with Crippen molar-refractivity contribution in [1.82, 2.24) is 4.90 Å². The Hall–Kier alpha value is -1.82. The van der Waals surface area contributed by atoms with Gasteiger partial charge in [0.25, 0.3) is 0 Å². The Balaban J connectivity index is 2.88. The smallest absolute Gasteiger partial charge is 0.244 e. The average Bonchev–Trinajstić information content (AvgIpc) is 2.40. The lowest BCUT2D eigenvalue weighted by molar-refractivity contribution is -0.131. The van der Waals surface area contributed by atoms with Gasteiger partial charge in [0.05, 0.1) is 6.07 Å². The maximum atomic E-state index is 12.4. The van der Waals surface area contributed by atoms with Crippen molar-refractivity contribution in [3.63, 3.8) is 0 Å². The van der Waals surface area contributed by atoms with Gasteiger partial charge in [0.15, 0.2) is 0 Å². The van der Waals surface area contributed by atoms with E-state index in [1.807, 2.05) is 44.2 Å². The summed E-state index contributed by atoms with van der Waals surface area (Å²) < 4.78 is 0. The van der Waals surface area contributed by atoms with Gasteiger partial charge in [-0.15, -0.1) is 0 Å². The maximum absolute atomic E-state index is 12.4. The summed E-state index contributed by atoms with van der Waals surface area (Å²) in [6.07, 6.45) is 1.83. The van der Waals surface area contributed by atoms with Crippen molar-refractivity contribution in [1.29, 1.82) is 5.26 Å². The van der Waals surface area contributed by atoms with Crippen LogP contribution in [0.4, 0.5) is 0 Å². The Kier molecular flexibility index (Phi) is 5.93. The zero-order valence-electron chi connectivity index (χ0n) is 11.1. The zero-order chi connectivity index (χ0) is 13.4. The molecule has 1 amide bonds. The molecule has 0 aliphatic heterocycles. The van der Waals surface area contributed by atoms with E-state index in [4.69, 9.17) is 0 Å². The minimum absolute atomic E-state index is 0.0765. The Morgan fingerprint density at radius 3 is 2.22 bits per heavy atom. The second-order valence-corrected chi connectivity index (χ2v) is 4.30. The van der Waals surface area contributed by atoms with Gasteiger partial charge in [-0.1, -0.05) is 44.2 Å². The molecule has 0 aliphatic carbocycles. The molecule has 0 spiro atoms. The lowest BCUT2D eigenvalue weighted by Crippen LogP contribution is -2.36. The van der Waals surface area contributed by atoms with Gasteiger partial charge in [0, 0.05) is 13.1 Å². The first kappa shape index (κ1) is 14.2. The number of hydrogen-bond acceptors (Lipinski definition) is 2. The fourth-order valence-corrected chi connectivity index (χ4v) is 1.97. The fourth-order valence-electron chi connectivity index (χ4n) is 1.97. The molecule has 3 heteroatoms. The first-order valence-corrected chi connectivity index (χ1v) is 6.47. The van der Waals surface area contributed by atoms with E-state index in [1.54, 1.807) is 4.90 Å². The number of benzene rings is 1. The van der Waals surface area contributed by atoms with E-state index in [1.165, 1.54) is 0 Å². The van der Waals surface area contributed by atoms with E-state index >= 15 is 0 Å². The summed E-state index contributed by atoms with van der Waals surface area (Å²) in [5.74, 6) is -0.753. The van der Waals surface area contributed by atoms with Gasteiger partial charge in [-0.05, 0) is 18.4 Å². The standard InChI is InChI=1S/C15H20N2O/c1-3-10-17(11-4-2)15(18)14(12-16)13-8-6-5-7-9-13/h5-9,14H,3-4,10-11H2,1-2H3. The molecule has 3 nitrogen and oxygen atoms in total. The van der Waals surface area contributed by atoms with E-state index in [9.17, 15) is 10.1 Å². The Morgan fingerprint density at radius 1 is 1.22 bits per heavy atom. The minimum Gasteiger partial charge on any atom is -0.341 e. The first-order chi connectivity index (χ1) is 8.74. The van der Waals surface area contributed by atoms with Crippen molar-refractivity contribution in [3.8, 4) is 6.07 Å². The van der Waals surface area contributed by atoms with E-state index in [-0.39, 0.29) is 5.91 Å². The highest BCUT2D eigenvalue weighted by molar-refractivity contribution is 5.86. The van der Waals surface area contributed by atoms with Gasteiger partial charge in [-0.3, -0.25) is 4.79 Å². The lowest BCUT2D eigenvalue weighted by atomic mass is 9.99. The fraction of sp³-hybridized carbons (Fsp3) is 0.467. The number of hydrogen-bond donors (Lipinski definition) is 0. The molecule has 0 fully saturated rings. The van der Waals surface area contributed by atoms with Gasteiger partial charge in [-0.25, -0.2) is 0 Å². The maximum Gasteiger partial charge on any atom is 0.244 e. The van der Waals surface area contributed by atoms with Crippen LogP contribution in [-0.2, 0) is 4.79 Å². The first-order valence-electron chi connectivity index (χ1n) is 6.47. The van der Waals surface area contributed by atoms with Crippen LogP contribution >= 0.6 is 0 Å². The molecule has 0 radical (unpaired) electrons. The molecule has 18 heavy (non-hydrogen) atoms. The number of carbonyl (C=O) groups is 1. The molecular weight excluding hydrogens is 224 g/mol. The monoisotopic (exact) mass is 244 g/mol. The SMILES string of the molecule is CCCN(CCC)C(=O)C(C#N)c1ccccc1. The van der Waals surface area contributed by atoms with E-state index in [0.29, 0.717) is 0 Å². The molecule has 1 aromatic carbocycles. The summed E-state index contributed by atoms with van der Waals surface area (Å²) in [4.78, 5) is 14.2. The van der Waals surface area contributed by atoms with Gasteiger partial charge < -0.3 is 4.90 Å². The molecule has 1 atom stereocenters. The Morgan fingerprint density at radius 2 is 1.78 bits per heavy atom. The summed E-state index contributed by atoms with van der Waals surface area (Å²) in [6.45, 7) is 5.52. The molecule has 0 heterocycles. The van der Waals surface area contributed by atoms with Crippen molar-refractivity contribution >= 4 is 5.91 Å². The van der Waals surface area contributed by atoms with E-state index in [0.717, 1.165) is 31.5 Å². The summed E-state index contributed by atoms with van der Waals surface area (Å²) in [7, 11) is 0. The number of amides is 1. The predicted molar refractivity (Wildman–Crippen MR) is 72.0 cm³/mol. The van der Waals surface area contributed by atoms with E-state index < -0.39 is 5.92 Å². The minimum atomic E-state index is -0.677. The van der Waals surface area contributed by atoms with Crippen molar-refractivity contribution in [2.75, 3.05) is 13.1 Å². The third-order valence-corrected chi connectivity index (χ3v) is 2.81. The summed E-state index contributed by atoms with van der Waals surface area (Å²) in [5, 5.41) is 9.24. The molecule has 0 N–H and O–H groups in total. The molecule has 1 aromatic rings. The number of nitrogens with zero attached hydrogens (tertiary/aromatic N) is 2. The second kappa shape index (κ2) is 7.50. The van der Waals surface area contributed by atoms with Crippen LogP contribution in [-0.4, -0.2) is 23.9 Å². The number of rotatable bonds is 6. The van der Waals surface area contributed by atoms with Crippen LogP contribution in [0.2, 0.25) is 0 Å². The molecule has 0 saturated carbocycles. The van der Waals surface area contributed by atoms with Gasteiger partial charge >= 0.3 is 0 Å². The topological polar surface area (TPSA) is 44.1 Å². The molecule has 0 saturated heterocycles. The zero-order valence-corrected chi connectivity index (χ0v) is 11.1. The molecule has 0 aliphatic rings. The van der Waals surface area contributed by atoms with Crippen LogP contribution in [0.5, 0.6) is 0 Å². The number of carbonyl (C=O) groups excluding carboxylic acids is 1. The van der Waals surface area contributed by atoms with Crippen LogP contribution in [0.1, 0.15) is 38.2 Å². The third kappa shape index (κ3) is 3.59. The van der Waals surface area contributed by atoms with Gasteiger partial charge in [0.2, 0.25) is 5.91 Å². The summed E-state index contributed by atoms with van der Waals surface area (Å²) >= 11 is 0.